The van der Waals surface area contributed by atoms with Crippen molar-refractivity contribution in [2.24, 2.45) is 0 Å². The summed E-state index contributed by atoms with van der Waals surface area (Å²) in [7, 11) is 0. The predicted octanol–water partition coefficient (Wildman–Crippen LogP) is 2.41. The third kappa shape index (κ3) is 2.94. The van der Waals surface area contributed by atoms with Gasteiger partial charge < -0.3 is 10.4 Å². The number of hydrogen-bond acceptors (Lipinski definition) is 2. The Labute approximate surface area is 123 Å². The Morgan fingerprint density at radius 2 is 1.48 bits per heavy atom. The Bertz CT molecular complexity index is 573. The van der Waals surface area contributed by atoms with Crippen LogP contribution in [-0.4, -0.2) is 23.0 Å². The largest absolute Gasteiger partial charge is 0.479 e. The number of hydrogen-bond donors (Lipinski definition) is 2. The van der Waals surface area contributed by atoms with Gasteiger partial charge in [0.05, 0.1) is 0 Å². The third-order valence-corrected chi connectivity index (χ3v) is 3.65. The number of benzene rings is 2. The average molecular weight is 283 g/mol. The second-order valence-corrected chi connectivity index (χ2v) is 5.02. The number of nitrogens with one attached hydrogen (secondary N) is 1. The number of rotatable bonds is 6. The maximum absolute atomic E-state index is 11.8. The van der Waals surface area contributed by atoms with Crippen LogP contribution in [0.2, 0.25) is 0 Å². The zero-order chi connectivity index (χ0) is 15.3. The molecule has 4 heteroatoms. The van der Waals surface area contributed by atoms with Crippen LogP contribution in [0.15, 0.2) is 60.7 Å². The molecule has 0 heterocycles. The summed E-state index contributed by atoms with van der Waals surface area (Å²) in [5.74, 6) is -1.56. The van der Waals surface area contributed by atoms with Gasteiger partial charge in [0.25, 0.3) is 0 Å². The lowest BCUT2D eigenvalue weighted by Crippen LogP contribution is -2.53. The molecule has 0 aliphatic carbocycles. The van der Waals surface area contributed by atoms with E-state index >= 15 is 0 Å². The monoisotopic (exact) mass is 283 g/mol. The van der Waals surface area contributed by atoms with Crippen molar-refractivity contribution >= 4 is 12.4 Å². The van der Waals surface area contributed by atoms with Crippen molar-refractivity contribution in [3.05, 3.63) is 71.8 Å². The van der Waals surface area contributed by atoms with Crippen LogP contribution in [0.3, 0.4) is 0 Å². The highest BCUT2D eigenvalue weighted by molar-refractivity contribution is 5.83. The second-order valence-electron chi connectivity index (χ2n) is 5.02. The van der Waals surface area contributed by atoms with Gasteiger partial charge in [-0.15, -0.1) is 0 Å². The SMILES string of the molecule is CC(NC=O)(C(=O)O)C(c1ccccc1)c1ccccc1. The normalized spacial score (nSPS) is 13.4. The molecule has 108 valence electrons. The van der Waals surface area contributed by atoms with E-state index in [4.69, 9.17) is 0 Å². The first-order valence-corrected chi connectivity index (χ1v) is 6.64. The van der Waals surface area contributed by atoms with Crippen molar-refractivity contribution in [2.45, 2.75) is 18.4 Å². The van der Waals surface area contributed by atoms with E-state index in [9.17, 15) is 14.7 Å². The van der Waals surface area contributed by atoms with Gasteiger partial charge in [0.15, 0.2) is 0 Å². The van der Waals surface area contributed by atoms with Gasteiger partial charge in [0, 0.05) is 5.92 Å². The summed E-state index contributed by atoms with van der Waals surface area (Å²) in [5, 5.41) is 12.1. The summed E-state index contributed by atoms with van der Waals surface area (Å²) < 4.78 is 0. The maximum Gasteiger partial charge on any atom is 0.330 e. The highest BCUT2D eigenvalue weighted by Crippen LogP contribution is 2.35. The molecule has 0 aromatic heterocycles. The second kappa shape index (κ2) is 6.22. The van der Waals surface area contributed by atoms with Crippen LogP contribution in [-0.2, 0) is 9.59 Å². The van der Waals surface area contributed by atoms with Crippen molar-refractivity contribution in [3.63, 3.8) is 0 Å². The molecule has 2 rings (SSSR count). The number of carboxylic acid groups (broad SMARTS) is 1. The van der Waals surface area contributed by atoms with Gasteiger partial charge in [0.1, 0.15) is 5.54 Å². The summed E-state index contributed by atoms with van der Waals surface area (Å²) >= 11 is 0. The molecule has 0 aliphatic rings. The van der Waals surface area contributed by atoms with E-state index in [1.54, 1.807) is 0 Å². The first-order valence-electron chi connectivity index (χ1n) is 6.64. The van der Waals surface area contributed by atoms with Crippen LogP contribution in [0.1, 0.15) is 24.0 Å². The molecule has 0 bridgehead atoms. The zero-order valence-corrected chi connectivity index (χ0v) is 11.7. The molecule has 2 aromatic rings. The Kier molecular flexibility index (Phi) is 4.38. The molecule has 0 saturated heterocycles. The molecular formula is C17H17NO3. The van der Waals surface area contributed by atoms with Crippen LogP contribution in [0.4, 0.5) is 0 Å². The van der Waals surface area contributed by atoms with Crippen molar-refractivity contribution in [1.29, 1.82) is 0 Å². The molecule has 21 heavy (non-hydrogen) atoms. The summed E-state index contributed by atoms with van der Waals surface area (Å²) in [4.78, 5) is 22.7. The molecule has 1 atom stereocenters. The number of aliphatic carboxylic acids is 1. The van der Waals surface area contributed by atoms with Crippen molar-refractivity contribution in [1.82, 2.24) is 5.32 Å². The fourth-order valence-corrected chi connectivity index (χ4v) is 2.54. The lowest BCUT2D eigenvalue weighted by atomic mass is 9.76. The molecule has 0 spiro atoms. The third-order valence-electron chi connectivity index (χ3n) is 3.65. The maximum atomic E-state index is 11.8. The molecule has 2 N–H and O–H groups in total. The molecule has 1 amide bonds. The van der Waals surface area contributed by atoms with Crippen LogP contribution in [0.5, 0.6) is 0 Å². The molecule has 1 unspecified atom stereocenters. The summed E-state index contributed by atoms with van der Waals surface area (Å²) in [6, 6.07) is 18.6. The Balaban J connectivity index is 2.61. The molecule has 0 aliphatic heterocycles. The van der Waals surface area contributed by atoms with Crippen LogP contribution in [0, 0.1) is 0 Å². The van der Waals surface area contributed by atoms with E-state index in [1.165, 1.54) is 6.92 Å². The van der Waals surface area contributed by atoms with Gasteiger partial charge in [-0.1, -0.05) is 60.7 Å². The van der Waals surface area contributed by atoms with E-state index < -0.39 is 17.4 Å². The van der Waals surface area contributed by atoms with Crippen molar-refractivity contribution in [2.75, 3.05) is 0 Å². The topological polar surface area (TPSA) is 66.4 Å². The van der Waals surface area contributed by atoms with Crippen LogP contribution >= 0.6 is 0 Å². The van der Waals surface area contributed by atoms with Gasteiger partial charge in [-0.2, -0.15) is 0 Å². The standard InChI is InChI=1S/C17H17NO3/c1-17(16(20)21,18-12-19)15(13-8-4-2-5-9-13)14-10-6-3-7-11-14/h2-12,15H,1H3,(H,18,19)(H,20,21). The Hall–Kier alpha value is -2.62. The minimum absolute atomic E-state index is 0.438. The van der Waals surface area contributed by atoms with E-state index in [2.05, 4.69) is 5.32 Å². The average Bonchev–Trinajstić information content (AvgIpc) is 2.50. The zero-order valence-electron chi connectivity index (χ0n) is 11.7. The number of carbonyl (C=O) groups is 2. The summed E-state index contributed by atoms with van der Waals surface area (Å²) in [6.45, 7) is 1.52. The predicted molar refractivity (Wildman–Crippen MR) is 80.0 cm³/mol. The van der Waals surface area contributed by atoms with E-state index in [0.29, 0.717) is 6.41 Å². The van der Waals surface area contributed by atoms with Gasteiger partial charge in [0.2, 0.25) is 6.41 Å². The molecule has 4 nitrogen and oxygen atoms in total. The first-order chi connectivity index (χ1) is 10.1. The summed E-state index contributed by atoms with van der Waals surface area (Å²) in [5.41, 5.74) is 0.246. The van der Waals surface area contributed by atoms with Crippen LogP contribution < -0.4 is 5.32 Å². The minimum atomic E-state index is -1.43. The fraction of sp³-hybridized carbons (Fsp3) is 0.176. The first kappa shape index (κ1) is 14.8. The molecule has 0 radical (unpaired) electrons. The van der Waals surface area contributed by atoms with Gasteiger partial charge >= 0.3 is 5.97 Å². The molecule has 2 aromatic carbocycles. The van der Waals surface area contributed by atoms with Gasteiger partial charge in [-0.05, 0) is 18.1 Å². The van der Waals surface area contributed by atoms with Gasteiger partial charge in [-0.3, -0.25) is 4.79 Å². The van der Waals surface area contributed by atoms with Crippen LogP contribution in [0.25, 0.3) is 0 Å². The number of amides is 1. The Morgan fingerprint density at radius 1 is 1.05 bits per heavy atom. The van der Waals surface area contributed by atoms with E-state index in [0.717, 1.165) is 11.1 Å². The molecule has 0 fully saturated rings. The quantitative estimate of drug-likeness (QED) is 0.800. The van der Waals surface area contributed by atoms with E-state index in [1.807, 2.05) is 60.7 Å². The lowest BCUT2D eigenvalue weighted by Gasteiger charge is -2.34. The Morgan fingerprint density at radius 3 is 1.81 bits per heavy atom. The minimum Gasteiger partial charge on any atom is -0.479 e. The number of carbonyl (C=O) groups excluding carboxylic acids is 1. The van der Waals surface area contributed by atoms with E-state index in [-0.39, 0.29) is 0 Å². The van der Waals surface area contributed by atoms with Crippen molar-refractivity contribution in [3.8, 4) is 0 Å². The lowest BCUT2D eigenvalue weighted by molar-refractivity contribution is -0.146. The molecular weight excluding hydrogens is 266 g/mol. The smallest absolute Gasteiger partial charge is 0.330 e. The highest BCUT2D eigenvalue weighted by Gasteiger charge is 2.43. The van der Waals surface area contributed by atoms with Crippen molar-refractivity contribution < 1.29 is 14.7 Å². The highest BCUT2D eigenvalue weighted by atomic mass is 16.4. The fourth-order valence-electron chi connectivity index (χ4n) is 2.54. The van der Waals surface area contributed by atoms with Gasteiger partial charge in [-0.25, -0.2) is 4.79 Å². The summed E-state index contributed by atoms with van der Waals surface area (Å²) in [6.07, 6.45) is 0.438. The molecule has 0 saturated carbocycles. The number of carboxylic acids is 1.